The lowest BCUT2D eigenvalue weighted by Gasteiger charge is -2.18. The summed E-state index contributed by atoms with van der Waals surface area (Å²) in [6, 6.07) is 20.2. The van der Waals surface area contributed by atoms with Crippen LogP contribution < -0.4 is 15.4 Å². The number of nitrogens with one attached hydrogen (secondary N) is 2. The average Bonchev–Trinajstić information content (AvgIpc) is 3.60. The summed E-state index contributed by atoms with van der Waals surface area (Å²) in [5.41, 5.74) is 2.54. The van der Waals surface area contributed by atoms with Crippen molar-refractivity contribution >= 4 is 23.3 Å². The molecule has 3 heterocycles. The van der Waals surface area contributed by atoms with E-state index in [2.05, 4.69) is 48.3 Å². The van der Waals surface area contributed by atoms with E-state index in [1.54, 1.807) is 53.5 Å². The van der Waals surface area contributed by atoms with Crippen molar-refractivity contribution in [1.29, 1.82) is 0 Å². The number of amides is 2. The topological polar surface area (TPSA) is 101 Å². The Morgan fingerprint density at radius 3 is 2.42 bits per heavy atom. The van der Waals surface area contributed by atoms with Gasteiger partial charge in [-0.2, -0.15) is 5.10 Å². The van der Waals surface area contributed by atoms with Gasteiger partial charge in [-0.3, -0.25) is 15.1 Å². The van der Waals surface area contributed by atoms with Crippen LogP contribution in [0.3, 0.4) is 0 Å². The van der Waals surface area contributed by atoms with Crippen LogP contribution >= 0.6 is 0 Å². The van der Waals surface area contributed by atoms with Gasteiger partial charge in [0.1, 0.15) is 17.3 Å². The molecule has 1 saturated heterocycles. The number of urea groups is 1. The number of rotatable bonds is 10. The van der Waals surface area contributed by atoms with Gasteiger partial charge in [-0.25, -0.2) is 9.48 Å². The number of anilines is 2. The Balaban J connectivity index is 1.27. The molecule has 224 valence electrons. The standard InChI is InChI=1S/C34H40N6O3/c1-34(2,3)31-23-32(37-33(42)36-25-13-15-28(16-14-25)43-29-17-19-35-20-18-29)40(38-31)27-10-5-8-24(22-27)30(41)12-6-9-26-11-7-21-39(26)4/h5,8,10,13-20,22-23,26H,6-7,9,11-12,21H2,1-4H3,(H2,36,37,42). The molecule has 0 spiro atoms. The third-order valence-electron chi connectivity index (χ3n) is 7.74. The molecule has 1 unspecified atom stereocenters. The minimum Gasteiger partial charge on any atom is -0.457 e. The van der Waals surface area contributed by atoms with E-state index in [9.17, 15) is 9.59 Å². The van der Waals surface area contributed by atoms with E-state index in [0.29, 0.717) is 46.7 Å². The van der Waals surface area contributed by atoms with E-state index in [0.717, 1.165) is 25.1 Å². The van der Waals surface area contributed by atoms with Crippen molar-refractivity contribution in [1.82, 2.24) is 19.7 Å². The highest BCUT2D eigenvalue weighted by molar-refractivity contribution is 5.99. The van der Waals surface area contributed by atoms with Crippen LogP contribution in [0.4, 0.5) is 16.3 Å². The third kappa shape index (κ3) is 7.87. The minimum absolute atomic E-state index is 0.120. The van der Waals surface area contributed by atoms with Gasteiger partial charge in [-0.15, -0.1) is 0 Å². The van der Waals surface area contributed by atoms with Gasteiger partial charge >= 0.3 is 6.03 Å². The summed E-state index contributed by atoms with van der Waals surface area (Å²) in [4.78, 5) is 32.6. The summed E-state index contributed by atoms with van der Waals surface area (Å²) in [5.74, 6) is 1.95. The second-order valence-electron chi connectivity index (χ2n) is 12.1. The molecule has 0 saturated carbocycles. The van der Waals surface area contributed by atoms with Crippen molar-refractivity contribution in [3.63, 3.8) is 0 Å². The molecule has 0 radical (unpaired) electrons. The zero-order valence-corrected chi connectivity index (χ0v) is 25.3. The van der Waals surface area contributed by atoms with E-state index in [1.165, 1.54) is 12.8 Å². The maximum absolute atomic E-state index is 13.1. The molecule has 2 N–H and O–H groups in total. The first-order valence-electron chi connectivity index (χ1n) is 14.9. The number of pyridine rings is 1. The second-order valence-corrected chi connectivity index (χ2v) is 12.1. The van der Waals surface area contributed by atoms with Crippen LogP contribution in [0.25, 0.3) is 5.69 Å². The van der Waals surface area contributed by atoms with Crippen molar-refractivity contribution in [2.24, 2.45) is 0 Å². The number of nitrogens with zero attached hydrogens (tertiary/aromatic N) is 4. The van der Waals surface area contributed by atoms with Crippen molar-refractivity contribution in [2.75, 3.05) is 24.2 Å². The van der Waals surface area contributed by atoms with Gasteiger partial charge in [0.2, 0.25) is 0 Å². The molecule has 1 atom stereocenters. The predicted molar refractivity (Wildman–Crippen MR) is 169 cm³/mol. The number of ether oxygens (including phenoxy) is 1. The number of ketones is 1. The maximum atomic E-state index is 13.1. The van der Waals surface area contributed by atoms with Crippen molar-refractivity contribution in [2.45, 2.75) is 64.3 Å². The number of aromatic nitrogens is 3. The Morgan fingerprint density at radius 2 is 1.72 bits per heavy atom. The van der Waals surface area contributed by atoms with Gasteiger partial charge in [0.15, 0.2) is 5.78 Å². The van der Waals surface area contributed by atoms with Gasteiger partial charge in [0.05, 0.1) is 11.4 Å². The summed E-state index contributed by atoms with van der Waals surface area (Å²) in [6.45, 7) is 7.35. The lowest BCUT2D eigenvalue weighted by molar-refractivity contribution is 0.0976. The molecule has 43 heavy (non-hydrogen) atoms. The highest BCUT2D eigenvalue weighted by Gasteiger charge is 2.23. The van der Waals surface area contributed by atoms with Crippen LogP contribution in [0.5, 0.6) is 11.5 Å². The Morgan fingerprint density at radius 1 is 0.977 bits per heavy atom. The summed E-state index contributed by atoms with van der Waals surface area (Å²) in [7, 11) is 2.17. The van der Waals surface area contributed by atoms with Crippen LogP contribution in [-0.4, -0.2) is 51.1 Å². The second kappa shape index (κ2) is 13.2. The number of benzene rings is 2. The van der Waals surface area contributed by atoms with Crippen molar-refractivity contribution in [3.8, 4) is 17.2 Å². The molecule has 2 aromatic heterocycles. The first-order chi connectivity index (χ1) is 20.7. The lowest BCUT2D eigenvalue weighted by atomic mass is 9.92. The Labute approximate surface area is 253 Å². The molecule has 9 heteroatoms. The normalized spacial score (nSPS) is 15.3. The zero-order chi connectivity index (χ0) is 30.4. The van der Waals surface area contributed by atoms with E-state index in [1.807, 2.05) is 30.3 Å². The van der Waals surface area contributed by atoms with E-state index in [4.69, 9.17) is 9.84 Å². The summed E-state index contributed by atoms with van der Waals surface area (Å²) >= 11 is 0. The lowest BCUT2D eigenvalue weighted by Crippen LogP contribution is -2.24. The number of hydrogen-bond donors (Lipinski definition) is 2. The molecule has 2 aromatic carbocycles. The number of hydrogen-bond acceptors (Lipinski definition) is 6. The molecule has 1 aliphatic rings. The molecule has 0 bridgehead atoms. The van der Waals surface area contributed by atoms with Crippen LogP contribution in [0.2, 0.25) is 0 Å². The third-order valence-corrected chi connectivity index (χ3v) is 7.74. The summed E-state index contributed by atoms with van der Waals surface area (Å²) in [5, 5.41) is 10.6. The van der Waals surface area contributed by atoms with E-state index >= 15 is 0 Å². The number of carbonyl (C=O) groups is 2. The summed E-state index contributed by atoms with van der Waals surface area (Å²) in [6.07, 6.45) is 8.20. The highest BCUT2D eigenvalue weighted by atomic mass is 16.5. The van der Waals surface area contributed by atoms with Gasteiger partial charge in [0.25, 0.3) is 0 Å². The Kier molecular flexibility index (Phi) is 9.21. The summed E-state index contributed by atoms with van der Waals surface area (Å²) < 4.78 is 7.49. The van der Waals surface area contributed by atoms with Gasteiger partial charge in [-0.1, -0.05) is 32.9 Å². The quantitative estimate of drug-likeness (QED) is 0.189. The molecule has 5 rings (SSSR count). The largest absolute Gasteiger partial charge is 0.457 e. The first kappa shape index (κ1) is 30.0. The van der Waals surface area contributed by atoms with E-state index in [-0.39, 0.29) is 11.2 Å². The number of likely N-dealkylation sites (tertiary alicyclic amines) is 1. The molecular weight excluding hydrogens is 540 g/mol. The number of Topliss-reactive ketones (excluding diaryl/α,β-unsaturated/α-hetero) is 1. The maximum Gasteiger partial charge on any atom is 0.324 e. The number of carbonyl (C=O) groups excluding carboxylic acids is 2. The van der Waals surface area contributed by atoms with Crippen LogP contribution in [0.1, 0.15) is 68.9 Å². The molecule has 1 fully saturated rings. The minimum atomic E-state index is -0.409. The first-order valence-corrected chi connectivity index (χ1v) is 14.9. The van der Waals surface area contributed by atoms with Gasteiger partial charge < -0.3 is 15.0 Å². The SMILES string of the molecule is CN1CCCC1CCCC(=O)c1cccc(-n2nc(C(C)(C)C)cc2NC(=O)Nc2ccc(Oc3ccncc3)cc2)c1. The molecule has 2 amide bonds. The Hall–Kier alpha value is -4.50. The molecule has 4 aromatic rings. The molecule has 9 nitrogen and oxygen atoms in total. The van der Waals surface area contributed by atoms with E-state index < -0.39 is 6.03 Å². The zero-order valence-electron chi connectivity index (χ0n) is 25.3. The fraction of sp³-hybridized carbons (Fsp3) is 0.353. The molecule has 0 aliphatic carbocycles. The van der Waals surface area contributed by atoms with Crippen molar-refractivity contribution in [3.05, 3.63) is 90.4 Å². The highest BCUT2D eigenvalue weighted by Crippen LogP contribution is 2.28. The van der Waals surface area contributed by atoms with Crippen molar-refractivity contribution < 1.29 is 14.3 Å². The monoisotopic (exact) mass is 580 g/mol. The van der Waals surface area contributed by atoms with Crippen LogP contribution in [-0.2, 0) is 5.41 Å². The molecular formula is C34H40N6O3. The van der Waals surface area contributed by atoms with Gasteiger partial charge in [-0.05, 0) is 87.8 Å². The fourth-order valence-corrected chi connectivity index (χ4v) is 5.26. The average molecular weight is 581 g/mol. The molecule has 1 aliphatic heterocycles. The van der Waals surface area contributed by atoms with Crippen LogP contribution in [0, 0.1) is 0 Å². The van der Waals surface area contributed by atoms with Crippen LogP contribution in [0.15, 0.2) is 79.1 Å². The Bertz CT molecular complexity index is 1540. The van der Waals surface area contributed by atoms with Gasteiger partial charge in [0, 0.05) is 47.6 Å². The smallest absolute Gasteiger partial charge is 0.324 e. The fourth-order valence-electron chi connectivity index (χ4n) is 5.26. The predicted octanol–water partition coefficient (Wildman–Crippen LogP) is 7.45.